The van der Waals surface area contributed by atoms with Gasteiger partial charge in [0.05, 0.1) is 10.6 Å². The van der Waals surface area contributed by atoms with Crippen LogP contribution < -0.4 is 4.90 Å². The first-order valence-corrected chi connectivity index (χ1v) is 6.03. The van der Waals surface area contributed by atoms with E-state index >= 15 is 0 Å². The van der Waals surface area contributed by atoms with Crippen molar-refractivity contribution < 1.29 is 0 Å². The number of hydrogen-bond acceptors (Lipinski definition) is 2. The van der Waals surface area contributed by atoms with E-state index in [4.69, 9.17) is 16.9 Å². The fraction of sp³-hybridized carbons (Fsp3) is 0.462. The first-order chi connectivity index (χ1) is 7.70. The first-order valence-electron chi connectivity index (χ1n) is 5.65. The molecular weight excluding hydrogens is 220 g/mol. The lowest BCUT2D eigenvalue weighted by Crippen LogP contribution is -2.34. The number of nitriles is 1. The van der Waals surface area contributed by atoms with E-state index in [0.717, 1.165) is 24.7 Å². The molecule has 1 unspecified atom stereocenters. The zero-order valence-electron chi connectivity index (χ0n) is 9.41. The topological polar surface area (TPSA) is 27.0 Å². The Hall–Kier alpha value is -1.20. The largest absolute Gasteiger partial charge is 0.371 e. The zero-order chi connectivity index (χ0) is 11.5. The van der Waals surface area contributed by atoms with Crippen molar-refractivity contribution >= 4 is 17.3 Å². The Labute approximate surface area is 101 Å². The van der Waals surface area contributed by atoms with Crippen LogP contribution in [0.4, 0.5) is 5.69 Å². The van der Waals surface area contributed by atoms with Crippen molar-refractivity contribution in [2.75, 3.05) is 18.0 Å². The molecule has 1 aromatic rings. The highest BCUT2D eigenvalue weighted by molar-refractivity contribution is 6.32. The Morgan fingerprint density at radius 1 is 1.50 bits per heavy atom. The van der Waals surface area contributed by atoms with Gasteiger partial charge < -0.3 is 4.90 Å². The van der Waals surface area contributed by atoms with Crippen LogP contribution in [0.5, 0.6) is 0 Å². The number of rotatable bonds is 1. The lowest BCUT2D eigenvalue weighted by Gasteiger charge is -2.32. The van der Waals surface area contributed by atoms with Crippen LogP contribution in [-0.4, -0.2) is 13.1 Å². The molecule has 0 aliphatic carbocycles. The van der Waals surface area contributed by atoms with Crippen LogP contribution in [0, 0.1) is 17.2 Å². The lowest BCUT2D eigenvalue weighted by molar-refractivity contribution is 0.447. The molecule has 0 saturated carbocycles. The second kappa shape index (κ2) is 4.76. The van der Waals surface area contributed by atoms with Crippen molar-refractivity contribution in [3.63, 3.8) is 0 Å². The van der Waals surface area contributed by atoms with Crippen LogP contribution >= 0.6 is 11.6 Å². The normalized spacial score (nSPS) is 20.6. The molecule has 0 spiro atoms. The molecule has 16 heavy (non-hydrogen) atoms. The van der Waals surface area contributed by atoms with E-state index in [9.17, 15) is 0 Å². The molecule has 1 aromatic carbocycles. The fourth-order valence-electron chi connectivity index (χ4n) is 2.22. The number of benzene rings is 1. The number of hydrogen-bond donors (Lipinski definition) is 0. The molecule has 2 rings (SSSR count). The molecule has 0 bridgehead atoms. The van der Waals surface area contributed by atoms with E-state index in [1.807, 2.05) is 12.1 Å². The van der Waals surface area contributed by atoms with Gasteiger partial charge >= 0.3 is 0 Å². The molecule has 3 heteroatoms. The van der Waals surface area contributed by atoms with Gasteiger partial charge in [-0.15, -0.1) is 0 Å². The summed E-state index contributed by atoms with van der Waals surface area (Å²) in [4.78, 5) is 2.35. The number of piperidine rings is 1. The van der Waals surface area contributed by atoms with Crippen molar-refractivity contribution in [2.24, 2.45) is 5.92 Å². The molecule has 1 fully saturated rings. The van der Waals surface area contributed by atoms with Crippen LogP contribution in [-0.2, 0) is 0 Å². The van der Waals surface area contributed by atoms with Crippen molar-refractivity contribution in [3.05, 3.63) is 28.8 Å². The van der Waals surface area contributed by atoms with E-state index in [1.165, 1.54) is 12.8 Å². The fourth-order valence-corrected chi connectivity index (χ4v) is 2.43. The predicted molar refractivity (Wildman–Crippen MR) is 66.8 cm³/mol. The van der Waals surface area contributed by atoms with E-state index < -0.39 is 0 Å². The van der Waals surface area contributed by atoms with Crippen LogP contribution in [0.3, 0.4) is 0 Å². The molecular formula is C13H15ClN2. The Morgan fingerprint density at radius 3 is 2.94 bits per heavy atom. The Kier molecular flexibility index (Phi) is 3.36. The van der Waals surface area contributed by atoms with Crippen molar-refractivity contribution in [1.29, 1.82) is 5.26 Å². The smallest absolute Gasteiger partial charge is 0.101 e. The van der Waals surface area contributed by atoms with Crippen molar-refractivity contribution in [3.8, 4) is 6.07 Å². The third-order valence-corrected chi connectivity index (χ3v) is 3.41. The van der Waals surface area contributed by atoms with Crippen LogP contribution in [0.2, 0.25) is 5.02 Å². The molecule has 0 aromatic heterocycles. The maximum atomic E-state index is 8.81. The van der Waals surface area contributed by atoms with Gasteiger partial charge in [-0.25, -0.2) is 0 Å². The third-order valence-electron chi connectivity index (χ3n) is 3.10. The molecule has 84 valence electrons. The third kappa shape index (κ3) is 2.31. The Bertz CT molecular complexity index is 422. The van der Waals surface area contributed by atoms with Crippen molar-refractivity contribution in [1.82, 2.24) is 0 Å². The van der Waals surface area contributed by atoms with Crippen LogP contribution in [0.15, 0.2) is 18.2 Å². The molecule has 0 radical (unpaired) electrons. The minimum atomic E-state index is 0.551. The van der Waals surface area contributed by atoms with Gasteiger partial charge in [0.1, 0.15) is 6.07 Å². The highest BCUT2D eigenvalue weighted by Gasteiger charge is 2.17. The standard InChI is InChI=1S/C13H15ClN2/c1-10-3-2-6-16(9-10)12-5-4-11(8-15)13(14)7-12/h4-5,7,10H,2-3,6,9H2,1H3. The van der Waals surface area contributed by atoms with E-state index in [-0.39, 0.29) is 0 Å². The maximum Gasteiger partial charge on any atom is 0.101 e. The summed E-state index contributed by atoms with van der Waals surface area (Å²) in [5, 5.41) is 9.37. The SMILES string of the molecule is CC1CCCN(c2ccc(C#N)c(Cl)c2)C1. The highest BCUT2D eigenvalue weighted by Crippen LogP contribution is 2.27. The van der Waals surface area contributed by atoms with Gasteiger partial charge in [0.15, 0.2) is 0 Å². The van der Waals surface area contributed by atoms with Gasteiger partial charge in [-0.05, 0) is 37.0 Å². The van der Waals surface area contributed by atoms with Gasteiger partial charge in [0, 0.05) is 18.8 Å². The number of nitrogens with zero attached hydrogens (tertiary/aromatic N) is 2. The first kappa shape index (κ1) is 11.3. The molecule has 1 atom stereocenters. The monoisotopic (exact) mass is 234 g/mol. The highest BCUT2D eigenvalue weighted by atomic mass is 35.5. The van der Waals surface area contributed by atoms with E-state index in [2.05, 4.69) is 17.9 Å². The van der Waals surface area contributed by atoms with Crippen LogP contribution in [0.1, 0.15) is 25.3 Å². The molecule has 2 nitrogen and oxygen atoms in total. The summed E-state index contributed by atoms with van der Waals surface area (Å²) in [6.45, 7) is 4.45. The number of anilines is 1. The summed E-state index contributed by atoms with van der Waals surface area (Å²) >= 11 is 6.04. The van der Waals surface area contributed by atoms with Gasteiger partial charge in [0.25, 0.3) is 0 Å². The Morgan fingerprint density at radius 2 is 2.31 bits per heavy atom. The molecule has 0 N–H and O–H groups in total. The lowest BCUT2D eigenvalue weighted by atomic mass is 9.99. The summed E-state index contributed by atoms with van der Waals surface area (Å²) in [5.74, 6) is 0.739. The zero-order valence-corrected chi connectivity index (χ0v) is 10.2. The quantitative estimate of drug-likeness (QED) is 0.744. The van der Waals surface area contributed by atoms with Gasteiger partial charge in [-0.3, -0.25) is 0 Å². The Balaban J connectivity index is 2.21. The summed E-state index contributed by atoms with van der Waals surface area (Å²) in [6.07, 6.45) is 2.54. The molecule has 1 aliphatic rings. The summed E-state index contributed by atoms with van der Waals surface area (Å²) in [5.41, 5.74) is 1.69. The molecule has 1 aliphatic heterocycles. The second-order valence-electron chi connectivity index (χ2n) is 4.47. The van der Waals surface area contributed by atoms with Gasteiger partial charge in [-0.2, -0.15) is 5.26 Å². The molecule has 1 saturated heterocycles. The molecule has 0 amide bonds. The summed E-state index contributed by atoms with van der Waals surface area (Å²) in [6, 6.07) is 7.78. The van der Waals surface area contributed by atoms with Crippen LogP contribution in [0.25, 0.3) is 0 Å². The minimum Gasteiger partial charge on any atom is -0.371 e. The van der Waals surface area contributed by atoms with Gasteiger partial charge in [0.2, 0.25) is 0 Å². The molecule has 1 heterocycles. The second-order valence-corrected chi connectivity index (χ2v) is 4.88. The number of halogens is 1. The average Bonchev–Trinajstić information content (AvgIpc) is 2.29. The minimum absolute atomic E-state index is 0.551. The average molecular weight is 235 g/mol. The summed E-state index contributed by atoms with van der Waals surface area (Å²) in [7, 11) is 0. The van der Waals surface area contributed by atoms with E-state index in [0.29, 0.717) is 10.6 Å². The predicted octanol–water partition coefficient (Wildman–Crippen LogP) is 3.45. The van der Waals surface area contributed by atoms with Gasteiger partial charge in [-0.1, -0.05) is 18.5 Å². The maximum absolute atomic E-state index is 8.81. The van der Waals surface area contributed by atoms with E-state index in [1.54, 1.807) is 6.07 Å². The van der Waals surface area contributed by atoms with Crippen molar-refractivity contribution in [2.45, 2.75) is 19.8 Å². The summed E-state index contributed by atoms with van der Waals surface area (Å²) < 4.78 is 0.